The van der Waals surface area contributed by atoms with Gasteiger partial charge in [0.05, 0.1) is 12.3 Å². The zero-order chi connectivity index (χ0) is 24.0. The molecule has 5 rings (SSSR count). The van der Waals surface area contributed by atoms with Gasteiger partial charge in [0.2, 0.25) is 0 Å². The van der Waals surface area contributed by atoms with E-state index in [9.17, 15) is 9.90 Å². The number of β-amino-alcohol motifs (C(OH)–C–C–N with tert-alkyl or cyclic N) is 1. The van der Waals surface area contributed by atoms with Crippen molar-refractivity contribution in [1.82, 2.24) is 14.9 Å². The predicted molar refractivity (Wildman–Crippen MR) is 131 cm³/mol. The van der Waals surface area contributed by atoms with Gasteiger partial charge in [0.1, 0.15) is 18.2 Å². The van der Waals surface area contributed by atoms with Crippen molar-refractivity contribution < 1.29 is 19.1 Å². The molecule has 2 aromatic heterocycles. The van der Waals surface area contributed by atoms with Crippen LogP contribution in [-0.2, 0) is 19.6 Å². The molecule has 1 aliphatic heterocycles. The van der Waals surface area contributed by atoms with E-state index in [2.05, 4.69) is 32.3 Å². The van der Waals surface area contributed by atoms with Crippen LogP contribution in [0, 0.1) is 0 Å². The number of hydrogen-bond donors (Lipinski definition) is 2. The normalized spacial score (nSPS) is 16.8. The van der Waals surface area contributed by atoms with Gasteiger partial charge in [-0.05, 0) is 67.5 Å². The van der Waals surface area contributed by atoms with Crippen molar-refractivity contribution in [2.24, 2.45) is 0 Å². The first-order valence-electron chi connectivity index (χ1n) is 12.4. The van der Waals surface area contributed by atoms with Gasteiger partial charge in [0.15, 0.2) is 17.9 Å². The van der Waals surface area contributed by atoms with Gasteiger partial charge in [-0.25, -0.2) is 9.97 Å². The Kier molecular flexibility index (Phi) is 7.39. The van der Waals surface area contributed by atoms with Gasteiger partial charge in [-0.15, -0.1) is 0 Å². The number of carbonyl (C=O) groups excluding carboxylic acids is 1. The monoisotopic (exact) mass is 476 g/mol. The van der Waals surface area contributed by atoms with Crippen LogP contribution in [0.4, 0.5) is 5.82 Å². The first-order chi connectivity index (χ1) is 17.1. The molecule has 35 heavy (non-hydrogen) atoms. The summed E-state index contributed by atoms with van der Waals surface area (Å²) in [7, 11) is 0. The molecule has 8 heteroatoms. The molecule has 1 saturated carbocycles. The van der Waals surface area contributed by atoms with E-state index < -0.39 is 6.10 Å². The third-order valence-corrected chi connectivity index (χ3v) is 6.85. The number of ketones is 1. The summed E-state index contributed by atoms with van der Waals surface area (Å²) in [6, 6.07) is 10.2. The summed E-state index contributed by atoms with van der Waals surface area (Å²) in [5, 5.41) is 14.0. The number of carbonyl (C=O) groups is 1. The molecular formula is C27H32N4O4. The van der Waals surface area contributed by atoms with E-state index in [1.807, 2.05) is 12.1 Å². The minimum Gasteiger partial charge on any atom is -0.486 e. The molecule has 3 heterocycles. The number of pyridine rings is 1. The van der Waals surface area contributed by atoms with Crippen molar-refractivity contribution >= 4 is 11.6 Å². The molecule has 2 N–H and O–H groups in total. The van der Waals surface area contributed by atoms with Crippen molar-refractivity contribution in [1.29, 1.82) is 0 Å². The van der Waals surface area contributed by atoms with Crippen LogP contribution in [0.15, 0.2) is 53.5 Å². The third-order valence-electron chi connectivity index (χ3n) is 6.85. The average Bonchev–Trinajstić information content (AvgIpc) is 3.37. The van der Waals surface area contributed by atoms with Crippen LogP contribution in [0.1, 0.15) is 59.3 Å². The predicted octanol–water partition coefficient (Wildman–Crippen LogP) is 4.00. The van der Waals surface area contributed by atoms with Crippen LogP contribution in [-0.4, -0.2) is 51.0 Å². The third kappa shape index (κ3) is 6.26. The lowest BCUT2D eigenvalue weighted by atomic mass is 9.93. The molecule has 0 radical (unpaired) electrons. The van der Waals surface area contributed by atoms with Gasteiger partial charge in [-0.3, -0.25) is 9.69 Å². The lowest BCUT2D eigenvalue weighted by molar-refractivity contribution is 0.0836. The summed E-state index contributed by atoms with van der Waals surface area (Å²) in [4.78, 5) is 23.2. The van der Waals surface area contributed by atoms with Crippen molar-refractivity contribution in [3.63, 3.8) is 0 Å². The minimum absolute atomic E-state index is 0.0463. The van der Waals surface area contributed by atoms with Crippen LogP contribution in [0.5, 0.6) is 5.75 Å². The fraction of sp³-hybridized carbons (Fsp3) is 0.444. The Morgan fingerprint density at radius 2 is 2.17 bits per heavy atom. The number of fused-ring (bicyclic) bond motifs is 1. The highest BCUT2D eigenvalue weighted by atomic mass is 16.5. The number of Topliss-reactive ketones (excluding diaryl/α,β-unsaturated/α-hetero) is 1. The van der Waals surface area contributed by atoms with Crippen molar-refractivity contribution in [2.75, 3.05) is 18.4 Å². The molecule has 2 aliphatic rings. The van der Waals surface area contributed by atoms with Crippen molar-refractivity contribution in [3.8, 4) is 5.75 Å². The Balaban J connectivity index is 1.07. The number of anilines is 1. The van der Waals surface area contributed by atoms with Gasteiger partial charge < -0.3 is 19.6 Å². The second-order valence-corrected chi connectivity index (χ2v) is 9.49. The zero-order valence-electron chi connectivity index (χ0n) is 19.9. The molecule has 0 amide bonds. The summed E-state index contributed by atoms with van der Waals surface area (Å²) in [6.07, 6.45) is 9.42. The summed E-state index contributed by atoms with van der Waals surface area (Å²) in [6.45, 7) is 2.56. The largest absolute Gasteiger partial charge is 0.486 e. The van der Waals surface area contributed by atoms with Gasteiger partial charge >= 0.3 is 0 Å². The number of aliphatic hydroxyl groups is 1. The molecule has 0 spiro atoms. The maximum Gasteiger partial charge on any atom is 0.181 e. The number of aliphatic hydroxyl groups excluding tert-OH is 1. The first-order valence-corrected chi connectivity index (χ1v) is 12.4. The number of ether oxygens (including phenoxy) is 1. The van der Waals surface area contributed by atoms with Gasteiger partial charge in [0, 0.05) is 43.9 Å². The number of nitrogens with zero attached hydrogens (tertiary/aromatic N) is 3. The van der Waals surface area contributed by atoms with E-state index in [4.69, 9.17) is 9.15 Å². The fourth-order valence-electron chi connectivity index (χ4n) is 4.58. The van der Waals surface area contributed by atoms with E-state index in [1.165, 1.54) is 23.9 Å². The van der Waals surface area contributed by atoms with Crippen molar-refractivity contribution in [3.05, 3.63) is 71.6 Å². The maximum absolute atomic E-state index is 12.7. The van der Waals surface area contributed by atoms with Crippen LogP contribution < -0.4 is 10.1 Å². The Morgan fingerprint density at radius 1 is 1.26 bits per heavy atom. The SMILES string of the molecule is O=C(CC[C@H](O)CN1CCc2cc(OCc3cnco3)ccc2C1)c1ccnc(NC2CCC2)c1. The maximum atomic E-state index is 12.7. The van der Waals surface area contributed by atoms with E-state index in [0.717, 1.165) is 43.9 Å². The quantitative estimate of drug-likeness (QED) is 0.401. The van der Waals surface area contributed by atoms with Crippen LogP contribution in [0.25, 0.3) is 0 Å². The fourth-order valence-corrected chi connectivity index (χ4v) is 4.58. The molecule has 1 aromatic carbocycles. The summed E-state index contributed by atoms with van der Waals surface area (Å²) < 4.78 is 11.0. The molecule has 0 saturated heterocycles. The molecule has 1 atom stereocenters. The molecule has 0 bridgehead atoms. The highest BCUT2D eigenvalue weighted by Crippen LogP contribution is 2.25. The second-order valence-electron chi connectivity index (χ2n) is 9.49. The minimum atomic E-state index is -0.542. The Labute approximate surface area is 205 Å². The standard InChI is InChI=1S/C27H32N4O4/c32-23(5-7-26(33)20-8-10-29-27(13-20)30-22-2-1-3-22)16-31-11-9-19-12-24(6-4-21(19)15-31)34-17-25-14-28-18-35-25/h4,6,8,10,12-14,18,22-23,32H,1-3,5,7,9,11,15-17H2,(H,29,30)/t23-/m0/s1. The highest BCUT2D eigenvalue weighted by molar-refractivity contribution is 5.96. The van der Waals surface area contributed by atoms with E-state index in [0.29, 0.717) is 43.4 Å². The summed E-state index contributed by atoms with van der Waals surface area (Å²) >= 11 is 0. The summed E-state index contributed by atoms with van der Waals surface area (Å²) in [5.74, 6) is 2.31. The first kappa shape index (κ1) is 23.5. The molecule has 0 unspecified atom stereocenters. The Bertz CT molecular complexity index is 1130. The number of oxazole rings is 1. The smallest absolute Gasteiger partial charge is 0.181 e. The topological polar surface area (TPSA) is 101 Å². The number of rotatable bonds is 11. The van der Waals surface area contributed by atoms with Crippen molar-refractivity contribution in [2.45, 2.75) is 63.8 Å². The highest BCUT2D eigenvalue weighted by Gasteiger charge is 2.21. The number of benzene rings is 1. The number of hydrogen-bond acceptors (Lipinski definition) is 8. The van der Waals surface area contributed by atoms with E-state index >= 15 is 0 Å². The average molecular weight is 477 g/mol. The van der Waals surface area contributed by atoms with E-state index in [-0.39, 0.29) is 5.78 Å². The molecule has 8 nitrogen and oxygen atoms in total. The van der Waals surface area contributed by atoms with Gasteiger partial charge in [-0.2, -0.15) is 0 Å². The van der Waals surface area contributed by atoms with Crippen LogP contribution in [0.2, 0.25) is 0 Å². The Hall–Kier alpha value is -3.23. The van der Waals surface area contributed by atoms with Crippen LogP contribution >= 0.6 is 0 Å². The molecule has 184 valence electrons. The van der Waals surface area contributed by atoms with Gasteiger partial charge in [-0.1, -0.05) is 6.07 Å². The van der Waals surface area contributed by atoms with E-state index in [1.54, 1.807) is 18.5 Å². The van der Waals surface area contributed by atoms with Gasteiger partial charge in [0.25, 0.3) is 0 Å². The second kappa shape index (κ2) is 11.0. The number of aromatic nitrogens is 2. The lowest BCUT2D eigenvalue weighted by Crippen LogP contribution is -2.36. The molecule has 3 aromatic rings. The lowest BCUT2D eigenvalue weighted by Gasteiger charge is -2.30. The van der Waals surface area contributed by atoms with Crippen LogP contribution in [0.3, 0.4) is 0 Å². The molecule has 1 aliphatic carbocycles. The Morgan fingerprint density at radius 3 is 2.97 bits per heavy atom. The number of nitrogens with one attached hydrogen (secondary N) is 1. The molecule has 1 fully saturated rings. The zero-order valence-corrected chi connectivity index (χ0v) is 19.9. The molecular weight excluding hydrogens is 444 g/mol. The summed E-state index contributed by atoms with van der Waals surface area (Å²) in [5.41, 5.74) is 3.17.